The van der Waals surface area contributed by atoms with Crippen molar-refractivity contribution in [1.82, 2.24) is 15.4 Å². The molecule has 0 unspecified atom stereocenters. The van der Waals surface area contributed by atoms with Gasteiger partial charge in [0.05, 0.1) is 5.56 Å². The molecule has 0 aliphatic rings. The highest BCUT2D eigenvalue weighted by molar-refractivity contribution is 5.89. The number of aromatic nitrogens is 3. The summed E-state index contributed by atoms with van der Waals surface area (Å²) in [6.07, 6.45) is 0. The highest BCUT2D eigenvalue weighted by Crippen LogP contribution is 2.26. The lowest BCUT2D eigenvalue weighted by molar-refractivity contribution is 0.0464. The first kappa shape index (κ1) is 20.4. The van der Waals surface area contributed by atoms with Crippen molar-refractivity contribution in [2.24, 2.45) is 0 Å². The average Bonchev–Trinajstić information content (AvgIpc) is 3.54. The number of ether oxygens (including phenoxy) is 1. The number of benzene rings is 3. The molecule has 0 radical (unpaired) electrons. The van der Waals surface area contributed by atoms with Crippen LogP contribution in [0.15, 0.2) is 93.9 Å². The maximum Gasteiger partial charge on any atom is 0.338 e. The summed E-state index contributed by atoms with van der Waals surface area (Å²) in [6.45, 7) is 2.00. The third-order valence-electron chi connectivity index (χ3n) is 5.14. The predicted molar refractivity (Wildman–Crippen MR) is 121 cm³/mol. The molecule has 0 saturated carbocycles. The number of nitrogens with zero attached hydrogens (tertiary/aromatic N) is 3. The van der Waals surface area contributed by atoms with Crippen LogP contribution in [0.4, 0.5) is 0 Å². The SMILES string of the molecule is Cc1ccccc1-c1nnc(-c2ccc(C(=O)OCc3cc(-c4ccccc4)on3)cc2)o1. The van der Waals surface area contributed by atoms with Crippen LogP contribution in [0.1, 0.15) is 21.6 Å². The highest BCUT2D eigenvalue weighted by Gasteiger charge is 2.14. The molecule has 0 spiro atoms. The van der Waals surface area contributed by atoms with Crippen LogP contribution in [0, 0.1) is 6.92 Å². The van der Waals surface area contributed by atoms with E-state index >= 15 is 0 Å². The second-order valence-electron chi connectivity index (χ2n) is 7.43. The average molecular weight is 437 g/mol. The van der Waals surface area contributed by atoms with Crippen LogP contribution in [0.25, 0.3) is 34.2 Å². The zero-order valence-corrected chi connectivity index (χ0v) is 17.8. The second kappa shape index (κ2) is 8.92. The maximum absolute atomic E-state index is 12.4. The monoisotopic (exact) mass is 437 g/mol. The van der Waals surface area contributed by atoms with Gasteiger partial charge < -0.3 is 13.7 Å². The van der Waals surface area contributed by atoms with Gasteiger partial charge in [0, 0.05) is 22.8 Å². The van der Waals surface area contributed by atoms with Crippen LogP contribution in [0.3, 0.4) is 0 Å². The molecule has 0 aliphatic heterocycles. The molecule has 2 aromatic heterocycles. The minimum absolute atomic E-state index is 0.0143. The number of hydrogen-bond acceptors (Lipinski definition) is 7. The Morgan fingerprint density at radius 1 is 0.848 bits per heavy atom. The molecule has 2 heterocycles. The van der Waals surface area contributed by atoms with Gasteiger partial charge in [0.2, 0.25) is 11.8 Å². The van der Waals surface area contributed by atoms with Crippen LogP contribution in [0.5, 0.6) is 0 Å². The van der Waals surface area contributed by atoms with Crippen molar-refractivity contribution >= 4 is 5.97 Å². The lowest BCUT2D eigenvalue weighted by Gasteiger charge is -2.03. The van der Waals surface area contributed by atoms with E-state index in [2.05, 4.69) is 15.4 Å². The number of aryl methyl sites for hydroxylation is 1. The summed E-state index contributed by atoms with van der Waals surface area (Å²) >= 11 is 0. The number of esters is 1. The minimum atomic E-state index is -0.461. The Morgan fingerprint density at radius 3 is 2.36 bits per heavy atom. The van der Waals surface area contributed by atoms with Gasteiger partial charge in [0.25, 0.3) is 0 Å². The van der Waals surface area contributed by atoms with E-state index in [0.29, 0.717) is 34.4 Å². The normalized spacial score (nSPS) is 10.8. The number of hydrogen-bond donors (Lipinski definition) is 0. The third-order valence-corrected chi connectivity index (χ3v) is 5.14. The van der Waals surface area contributed by atoms with Crippen molar-refractivity contribution in [3.05, 3.63) is 102 Å². The molecule has 0 N–H and O–H groups in total. The van der Waals surface area contributed by atoms with E-state index in [4.69, 9.17) is 13.7 Å². The van der Waals surface area contributed by atoms with Gasteiger partial charge >= 0.3 is 5.97 Å². The van der Waals surface area contributed by atoms with E-state index in [1.807, 2.05) is 61.5 Å². The summed E-state index contributed by atoms with van der Waals surface area (Å²) in [7, 11) is 0. The van der Waals surface area contributed by atoms with Crippen molar-refractivity contribution in [2.75, 3.05) is 0 Å². The molecule has 0 atom stereocenters. The molecule has 5 aromatic rings. The van der Waals surface area contributed by atoms with Crippen LogP contribution in [-0.4, -0.2) is 21.3 Å². The molecule has 0 saturated heterocycles. The molecule has 0 fully saturated rings. The zero-order chi connectivity index (χ0) is 22.6. The molecule has 0 aliphatic carbocycles. The lowest BCUT2D eigenvalue weighted by Crippen LogP contribution is -2.05. The number of carbonyl (C=O) groups is 1. The summed E-state index contributed by atoms with van der Waals surface area (Å²) in [5.74, 6) is 0.992. The number of rotatable bonds is 6. The Hall–Kier alpha value is -4.52. The van der Waals surface area contributed by atoms with Gasteiger partial charge in [-0.2, -0.15) is 0 Å². The fourth-order valence-corrected chi connectivity index (χ4v) is 3.35. The van der Waals surface area contributed by atoms with Gasteiger partial charge in [-0.15, -0.1) is 10.2 Å². The standard InChI is InChI=1S/C26H19N3O4/c1-17-7-5-6-10-22(17)25-28-27-24(32-25)19-11-13-20(14-12-19)26(30)31-16-21-15-23(33-29-21)18-8-3-2-4-9-18/h2-15H,16H2,1H3. The van der Waals surface area contributed by atoms with Gasteiger partial charge in [-0.05, 0) is 42.8 Å². The Kier molecular flexibility index (Phi) is 5.51. The molecular formula is C26H19N3O4. The van der Waals surface area contributed by atoms with Crippen LogP contribution in [0.2, 0.25) is 0 Å². The van der Waals surface area contributed by atoms with Gasteiger partial charge in [0.15, 0.2) is 5.76 Å². The molecule has 0 amide bonds. The van der Waals surface area contributed by atoms with Gasteiger partial charge in [0.1, 0.15) is 12.3 Å². The first-order valence-corrected chi connectivity index (χ1v) is 10.4. The number of carbonyl (C=O) groups excluding carboxylic acids is 1. The molecule has 162 valence electrons. The van der Waals surface area contributed by atoms with E-state index in [1.165, 1.54) is 0 Å². The Morgan fingerprint density at radius 2 is 1.58 bits per heavy atom. The molecule has 5 rings (SSSR count). The smallest absolute Gasteiger partial charge is 0.338 e. The lowest BCUT2D eigenvalue weighted by atomic mass is 10.1. The van der Waals surface area contributed by atoms with Crippen LogP contribution in [-0.2, 0) is 11.3 Å². The first-order valence-electron chi connectivity index (χ1n) is 10.4. The Balaban J connectivity index is 1.23. The summed E-state index contributed by atoms with van der Waals surface area (Å²) in [5, 5.41) is 12.2. The molecular weight excluding hydrogens is 418 g/mol. The van der Waals surface area contributed by atoms with Crippen LogP contribution >= 0.6 is 0 Å². The second-order valence-corrected chi connectivity index (χ2v) is 7.43. The van der Waals surface area contributed by atoms with Gasteiger partial charge in [-0.1, -0.05) is 53.7 Å². The largest absolute Gasteiger partial charge is 0.455 e. The third kappa shape index (κ3) is 4.43. The molecule has 7 nitrogen and oxygen atoms in total. The molecule has 7 heteroatoms. The summed E-state index contributed by atoms with van der Waals surface area (Å²) in [5.41, 5.74) is 4.50. The van der Waals surface area contributed by atoms with Crippen LogP contribution < -0.4 is 0 Å². The molecule has 3 aromatic carbocycles. The summed E-state index contributed by atoms with van der Waals surface area (Å²) in [6, 6.07) is 26.0. The quantitative estimate of drug-likeness (QED) is 0.314. The highest BCUT2D eigenvalue weighted by atomic mass is 16.5. The van der Waals surface area contributed by atoms with E-state index < -0.39 is 5.97 Å². The van der Waals surface area contributed by atoms with E-state index in [1.54, 1.807) is 30.3 Å². The summed E-state index contributed by atoms with van der Waals surface area (Å²) < 4.78 is 16.5. The molecule has 0 bridgehead atoms. The van der Waals surface area contributed by atoms with E-state index in [9.17, 15) is 4.79 Å². The fourth-order valence-electron chi connectivity index (χ4n) is 3.35. The zero-order valence-electron chi connectivity index (χ0n) is 17.8. The van der Waals surface area contributed by atoms with E-state index in [-0.39, 0.29) is 6.61 Å². The van der Waals surface area contributed by atoms with Crippen molar-refractivity contribution in [2.45, 2.75) is 13.5 Å². The first-order chi connectivity index (χ1) is 16.2. The summed E-state index contributed by atoms with van der Waals surface area (Å²) in [4.78, 5) is 12.4. The minimum Gasteiger partial charge on any atom is -0.455 e. The van der Waals surface area contributed by atoms with Gasteiger partial charge in [-0.3, -0.25) is 0 Å². The topological polar surface area (TPSA) is 91.2 Å². The van der Waals surface area contributed by atoms with E-state index in [0.717, 1.165) is 16.7 Å². The van der Waals surface area contributed by atoms with Gasteiger partial charge in [-0.25, -0.2) is 4.79 Å². The van der Waals surface area contributed by atoms with Crippen molar-refractivity contribution in [3.8, 4) is 34.2 Å². The maximum atomic E-state index is 12.4. The van der Waals surface area contributed by atoms with Crippen molar-refractivity contribution in [1.29, 1.82) is 0 Å². The predicted octanol–water partition coefficient (Wildman–Crippen LogP) is 5.72. The Labute approximate surface area is 189 Å². The Bertz CT molecular complexity index is 1390. The van der Waals surface area contributed by atoms with Crippen molar-refractivity contribution in [3.63, 3.8) is 0 Å². The van der Waals surface area contributed by atoms with Crippen molar-refractivity contribution < 1.29 is 18.5 Å². The fraction of sp³-hybridized carbons (Fsp3) is 0.0769. The molecule has 33 heavy (non-hydrogen) atoms.